The van der Waals surface area contributed by atoms with Crippen molar-refractivity contribution >= 4 is 0 Å². The lowest BCUT2D eigenvalue weighted by Crippen LogP contribution is -2.45. The molecule has 0 unspecified atom stereocenters. The molecule has 0 aliphatic carbocycles. The normalized spacial score (nSPS) is 20.5. The van der Waals surface area contributed by atoms with E-state index in [9.17, 15) is 5.11 Å². The molecule has 0 aromatic rings. The fourth-order valence-corrected chi connectivity index (χ4v) is 2.98. The highest BCUT2D eigenvalue weighted by atomic mass is 16.3. The molecular formula is C16H33NO. The quantitative estimate of drug-likeness (QED) is 0.666. The summed E-state index contributed by atoms with van der Waals surface area (Å²) in [4.78, 5) is 2.51. The predicted octanol–water partition coefficient (Wildman–Crippen LogP) is 3.83. The maximum Gasteiger partial charge on any atom is 0.0672 e. The standard InChI is InChI=1S/C16H33NO/c1-4-5-6-7-8-9-16(18)10-12-17(13-11-16)14-15(2)3/h15,18H,4-14H2,1-3H3. The van der Waals surface area contributed by atoms with Crippen LogP contribution in [0.3, 0.4) is 0 Å². The Balaban J connectivity index is 2.14. The van der Waals surface area contributed by atoms with Gasteiger partial charge in [-0.3, -0.25) is 0 Å². The van der Waals surface area contributed by atoms with Gasteiger partial charge in [0.15, 0.2) is 0 Å². The van der Waals surface area contributed by atoms with Gasteiger partial charge in [0.05, 0.1) is 5.60 Å². The average molecular weight is 255 g/mol. The number of hydrogen-bond donors (Lipinski definition) is 1. The molecule has 1 aliphatic rings. The van der Waals surface area contributed by atoms with Crippen molar-refractivity contribution in [2.45, 2.75) is 77.7 Å². The summed E-state index contributed by atoms with van der Waals surface area (Å²) in [5, 5.41) is 10.6. The second kappa shape index (κ2) is 8.16. The molecule has 1 fully saturated rings. The Hall–Kier alpha value is -0.0800. The van der Waals surface area contributed by atoms with Gasteiger partial charge in [-0.25, -0.2) is 0 Å². The second-order valence-corrected chi connectivity index (χ2v) is 6.58. The second-order valence-electron chi connectivity index (χ2n) is 6.58. The van der Waals surface area contributed by atoms with Crippen LogP contribution < -0.4 is 0 Å². The molecule has 0 aromatic heterocycles. The number of hydrogen-bond acceptors (Lipinski definition) is 2. The summed E-state index contributed by atoms with van der Waals surface area (Å²) in [6, 6.07) is 0. The molecule has 0 atom stereocenters. The fourth-order valence-electron chi connectivity index (χ4n) is 2.98. The predicted molar refractivity (Wildman–Crippen MR) is 78.8 cm³/mol. The Morgan fingerprint density at radius 1 is 1.06 bits per heavy atom. The first-order valence-electron chi connectivity index (χ1n) is 8.00. The third kappa shape index (κ3) is 6.19. The van der Waals surface area contributed by atoms with E-state index in [2.05, 4.69) is 25.7 Å². The zero-order chi connectivity index (χ0) is 13.4. The first-order chi connectivity index (χ1) is 8.56. The molecule has 108 valence electrons. The topological polar surface area (TPSA) is 23.5 Å². The Bertz CT molecular complexity index is 207. The highest BCUT2D eigenvalue weighted by Gasteiger charge is 2.31. The molecule has 0 radical (unpaired) electrons. The molecule has 1 aliphatic heterocycles. The van der Waals surface area contributed by atoms with Crippen molar-refractivity contribution in [1.82, 2.24) is 4.90 Å². The summed E-state index contributed by atoms with van der Waals surface area (Å²) in [6.45, 7) is 10.2. The van der Waals surface area contributed by atoms with Crippen LogP contribution in [0.25, 0.3) is 0 Å². The highest BCUT2D eigenvalue weighted by Crippen LogP contribution is 2.28. The summed E-state index contributed by atoms with van der Waals surface area (Å²) in [5.41, 5.74) is -0.348. The van der Waals surface area contributed by atoms with E-state index in [4.69, 9.17) is 0 Å². The van der Waals surface area contributed by atoms with E-state index in [1.165, 1.54) is 38.6 Å². The van der Waals surface area contributed by atoms with Crippen LogP contribution in [0.5, 0.6) is 0 Å². The largest absolute Gasteiger partial charge is 0.390 e. The lowest BCUT2D eigenvalue weighted by atomic mass is 9.86. The molecule has 2 heteroatoms. The van der Waals surface area contributed by atoms with Crippen LogP contribution in [0.15, 0.2) is 0 Å². The van der Waals surface area contributed by atoms with Crippen molar-refractivity contribution < 1.29 is 5.11 Å². The molecule has 0 saturated carbocycles. The first-order valence-corrected chi connectivity index (χ1v) is 8.00. The Labute approximate surface area is 114 Å². The van der Waals surface area contributed by atoms with Gasteiger partial charge in [-0.05, 0) is 25.2 Å². The lowest BCUT2D eigenvalue weighted by Gasteiger charge is -2.39. The molecule has 0 spiro atoms. The molecule has 0 aromatic carbocycles. The number of rotatable bonds is 8. The maximum absolute atomic E-state index is 10.6. The van der Waals surface area contributed by atoms with Gasteiger partial charge in [0.1, 0.15) is 0 Å². The highest BCUT2D eigenvalue weighted by molar-refractivity contribution is 4.85. The molecule has 1 N–H and O–H groups in total. The molecule has 1 saturated heterocycles. The molecular weight excluding hydrogens is 222 g/mol. The third-order valence-corrected chi connectivity index (χ3v) is 4.16. The summed E-state index contributed by atoms with van der Waals surface area (Å²) >= 11 is 0. The Morgan fingerprint density at radius 2 is 1.67 bits per heavy atom. The van der Waals surface area contributed by atoms with Crippen molar-refractivity contribution in [2.75, 3.05) is 19.6 Å². The Morgan fingerprint density at radius 3 is 2.22 bits per heavy atom. The van der Waals surface area contributed by atoms with E-state index in [0.29, 0.717) is 0 Å². The maximum atomic E-state index is 10.6. The van der Waals surface area contributed by atoms with Crippen molar-refractivity contribution in [3.8, 4) is 0 Å². The van der Waals surface area contributed by atoms with Gasteiger partial charge >= 0.3 is 0 Å². The van der Waals surface area contributed by atoms with E-state index >= 15 is 0 Å². The van der Waals surface area contributed by atoms with Crippen molar-refractivity contribution in [3.63, 3.8) is 0 Å². The molecule has 0 amide bonds. The van der Waals surface area contributed by atoms with E-state index in [-0.39, 0.29) is 5.60 Å². The molecule has 1 heterocycles. The van der Waals surface area contributed by atoms with E-state index in [0.717, 1.165) is 38.3 Å². The average Bonchev–Trinajstić information content (AvgIpc) is 2.32. The summed E-state index contributed by atoms with van der Waals surface area (Å²) in [7, 11) is 0. The van der Waals surface area contributed by atoms with Crippen molar-refractivity contribution in [1.29, 1.82) is 0 Å². The Kier molecular flexibility index (Phi) is 7.25. The van der Waals surface area contributed by atoms with Gasteiger partial charge in [0.25, 0.3) is 0 Å². The molecule has 18 heavy (non-hydrogen) atoms. The zero-order valence-corrected chi connectivity index (χ0v) is 12.7. The first kappa shape index (κ1) is 16.0. The van der Waals surface area contributed by atoms with E-state index < -0.39 is 0 Å². The van der Waals surface area contributed by atoms with Crippen molar-refractivity contribution in [3.05, 3.63) is 0 Å². The van der Waals surface area contributed by atoms with Crippen LogP contribution in [-0.4, -0.2) is 35.2 Å². The SMILES string of the molecule is CCCCCCCC1(O)CCN(CC(C)C)CC1. The van der Waals surface area contributed by atoms with Crippen LogP contribution in [0.4, 0.5) is 0 Å². The van der Waals surface area contributed by atoms with E-state index in [1.807, 2.05) is 0 Å². The van der Waals surface area contributed by atoms with Crippen LogP contribution in [0.1, 0.15) is 72.1 Å². The number of aliphatic hydroxyl groups is 1. The van der Waals surface area contributed by atoms with Crippen LogP contribution >= 0.6 is 0 Å². The molecule has 0 bridgehead atoms. The van der Waals surface area contributed by atoms with E-state index in [1.54, 1.807) is 0 Å². The molecule has 1 rings (SSSR count). The minimum Gasteiger partial charge on any atom is -0.390 e. The van der Waals surface area contributed by atoms with Gasteiger partial charge < -0.3 is 10.0 Å². The lowest BCUT2D eigenvalue weighted by molar-refractivity contribution is -0.0312. The monoisotopic (exact) mass is 255 g/mol. The van der Waals surface area contributed by atoms with Gasteiger partial charge in [-0.2, -0.15) is 0 Å². The zero-order valence-electron chi connectivity index (χ0n) is 12.7. The van der Waals surface area contributed by atoms with Gasteiger partial charge in [0, 0.05) is 19.6 Å². The fraction of sp³-hybridized carbons (Fsp3) is 1.00. The summed E-state index contributed by atoms with van der Waals surface area (Å²) < 4.78 is 0. The number of likely N-dealkylation sites (tertiary alicyclic amines) is 1. The van der Waals surface area contributed by atoms with Gasteiger partial charge in [-0.1, -0.05) is 52.9 Å². The van der Waals surface area contributed by atoms with Gasteiger partial charge in [0.2, 0.25) is 0 Å². The van der Waals surface area contributed by atoms with Crippen molar-refractivity contribution in [2.24, 2.45) is 5.92 Å². The smallest absolute Gasteiger partial charge is 0.0672 e. The minimum atomic E-state index is -0.348. The van der Waals surface area contributed by atoms with Gasteiger partial charge in [-0.15, -0.1) is 0 Å². The number of piperidine rings is 1. The van der Waals surface area contributed by atoms with Crippen LogP contribution in [0.2, 0.25) is 0 Å². The van der Waals surface area contributed by atoms with Crippen LogP contribution in [-0.2, 0) is 0 Å². The number of nitrogens with zero attached hydrogens (tertiary/aromatic N) is 1. The number of unbranched alkanes of at least 4 members (excludes halogenated alkanes) is 4. The van der Waals surface area contributed by atoms with Crippen LogP contribution in [0, 0.1) is 5.92 Å². The summed E-state index contributed by atoms with van der Waals surface area (Å²) in [5.74, 6) is 0.741. The summed E-state index contributed by atoms with van der Waals surface area (Å²) in [6.07, 6.45) is 9.47. The minimum absolute atomic E-state index is 0.348. The molecule has 2 nitrogen and oxygen atoms in total. The third-order valence-electron chi connectivity index (χ3n) is 4.16.